The predicted octanol–water partition coefficient (Wildman–Crippen LogP) is 3.15. The number of nitro benzene ring substituents is 1. The van der Waals surface area contributed by atoms with Gasteiger partial charge in [-0.05, 0) is 29.8 Å². The second-order valence-corrected chi connectivity index (χ2v) is 4.55. The molecule has 3 aromatic rings. The molecule has 21 heavy (non-hydrogen) atoms. The third-order valence-corrected chi connectivity index (χ3v) is 3.08. The van der Waals surface area contributed by atoms with E-state index in [2.05, 4.69) is 15.3 Å². The largest absolute Gasteiger partial charge is 0.366 e. The molecule has 1 N–H and O–H groups in total. The Morgan fingerprint density at radius 3 is 2.86 bits per heavy atom. The zero-order valence-electron chi connectivity index (χ0n) is 11.1. The highest BCUT2D eigenvalue weighted by atomic mass is 16.6. The first-order chi connectivity index (χ1) is 10.2. The van der Waals surface area contributed by atoms with Crippen molar-refractivity contribution in [2.75, 3.05) is 5.32 Å². The summed E-state index contributed by atoms with van der Waals surface area (Å²) >= 11 is 0. The Morgan fingerprint density at radius 1 is 1.19 bits per heavy atom. The van der Waals surface area contributed by atoms with Crippen LogP contribution in [0.4, 0.5) is 11.5 Å². The molecule has 0 amide bonds. The molecule has 1 aromatic carbocycles. The van der Waals surface area contributed by atoms with E-state index in [1.54, 1.807) is 18.5 Å². The van der Waals surface area contributed by atoms with Gasteiger partial charge in [0.05, 0.1) is 10.4 Å². The molecule has 0 atom stereocenters. The Kier molecular flexibility index (Phi) is 3.42. The molecule has 0 saturated heterocycles. The molecule has 2 heterocycles. The lowest BCUT2D eigenvalue weighted by molar-refractivity contribution is -0.384. The summed E-state index contributed by atoms with van der Waals surface area (Å²) in [4.78, 5) is 18.8. The van der Waals surface area contributed by atoms with Crippen LogP contribution in [0.2, 0.25) is 0 Å². The summed E-state index contributed by atoms with van der Waals surface area (Å²) in [5, 5.41) is 14.7. The Bertz CT molecular complexity index is 790. The molecule has 0 aliphatic heterocycles. The average Bonchev–Trinajstić information content (AvgIpc) is 2.53. The molecule has 0 saturated carbocycles. The number of non-ortho nitro benzene ring substituents is 1. The Morgan fingerprint density at radius 2 is 2.10 bits per heavy atom. The van der Waals surface area contributed by atoms with E-state index >= 15 is 0 Å². The fourth-order valence-corrected chi connectivity index (χ4v) is 2.02. The SMILES string of the molecule is O=[N+]([O-])c1ccc2nc(NCc3cccnc3)ccc2c1. The summed E-state index contributed by atoms with van der Waals surface area (Å²) in [6.45, 7) is 0.624. The van der Waals surface area contributed by atoms with Gasteiger partial charge in [-0.3, -0.25) is 15.1 Å². The standard InChI is InChI=1S/C15H12N4O2/c20-19(21)13-4-5-14-12(8-13)3-6-15(18-14)17-10-11-2-1-7-16-9-11/h1-9H,10H2,(H,17,18). The molecule has 104 valence electrons. The first-order valence-electron chi connectivity index (χ1n) is 6.40. The number of nitrogens with one attached hydrogen (secondary N) is 1. The van der Waals surface area contributed by atoms with E-state index in [4.69, 9.17) is 0 Å². The van der Waals surface area contributed by atoms with Crippen LogP contribution in [0, 0.1) is 10.1 Å². The van der Waals surface area contributed by atoms with Crippen LogP contribution in [0.15, 0.2) is 54.9 Å². The third kappa shape index (κ3) is 2.94. The maximum atomic E-state index is 10.7. The first kappa shape index (κ1) is 13.0. The minimum atomic E-state index is -0.409. The van der Waals surface area contributed by atoms with Gasteiger partial charge in [0, 0.05) is 36.5 Å². The van der Waals surface area contributed by atoms with Crippen LogP contribution < -0.4 is 5.32 Å². The van der Waals surface area contributed by atoms with E-state index in [0.29, 0.717) is 6.54 Å². The van der Waals surface area contributed by atoms with E-state index in [1.165, 1.54) is 12.1 Å². The fraction of sp³-hybridized carbons (Fsp3) is 0.0667. The van der Waals surface area contributed by atoms with E-state index in [0.717, 1.165) is 22.3 Å². The monoisotopic (exact) mass is 280 g/mol. The van der Waals surface area contributed by atoms with Crippen molar-refractivity contribution in [2.45, 2.75) is 6.54 Å². The Hall–Kier alpha value is -3.02. The van der Waals surface area contributed by atoms with Gasteiger partial charge in [0.25, 0.3) is 5.69 Å². The number of hydrogen-bond acceptors (Lipinski definition) is 5. The van der Waals surface area contributed by atoms with E-state index in [9.17, 15) is 10.1 Å². The highest BCUT2D eigenvalue weighted by Gasteiger charge is 2.07. The lowest BCUT2D eigenvalue weighted by Crippen LogP contribution is -2.01. The van der Waals surface area contributed by atoms with Gasteiger partial charge in [-0.15, -0.1) is 0 Å². The number of nitrogens with zero attached hydrogens (tertiary/aromatic N) is 3. The van der Waals surface area contributed by atoms with Gasteiger partial charge in [-0.2, -0.15) is 0 Å². The quantitative estimate of drug-likeness (QED) is 0.586. The summed E-state index contributed by atoms with van der Waals surface area (Å²) in [5.74, 6) is 0.722. The summed E-state index contributed by atoms with van der Waals surface area (Å²) in [6, 6.07) is 12.1. The molecule has 0 bridgehead atoms. The normalized spacial score (nSPS) is 10.5. The van der Waals surface area contributed by atoms with Crippen LogP contribution in [-0.4, -0.2) is 14.9 Å². The molecule has 3 rings (SSSR count). The third-order valence-electron chi connectivity index (χ3n) is 3.08. The van der Waals surface area contributed by atoms with Gasteiger partial charge < -0.3 is 5.32 Å². The molecule has 0 radical (unpaired) electrons. The number of pyridine rings is 2. The molecule has 0 aliphatic rings. The summed E-state index contributed by atoms with van der Waals surface area (Å²) < 4.78 is 0. The van der Waals surface area contributed by atoms with Crippen molar-refractivity contribution in [1.29, 1.82) is 0 Å². The van der Waals surface area contributed by atoms with Gasteiger partial charge in [-0.1, -0.05) is 6.07 Å². The van der Waals surface area contributed by atoms with Crippen LogP contribution in [0.3, 0.4) is 0 Å². The fourth-order valence-electron chi connectivity index (χ4n) is 2.02. The van der Waals surface area contributed by atoms with Gasteiger partial charge in [0.1, 0.15) is 5.82 Å². The van der Waals surface area contributed by atoms with Crippen molar-refractivity contribution in [1.82, 2.24) is 9.97 Å². The van der Waals surface area contributed by atoms with E-state index in [1.807, 2.05) is 24.3 Å². The van der Waals surface area contributed by atoms with Gasteiger partial charge in [0.15, 0.2) is 0 Å². The lowest BCUT2D eigenvalue weighted by Gasteiger charge is -2.06. The summed E-state index contributed by atoms with van der Waals surface area (Å²) in [7, 11) is 0. The van der Waals surface area contributed by atoms with Crippen molar-refractivity contribution in [2.24, 2.45) is 0 Å². The van der Waals surface area contributed by atoms with Crippen molar-refractivity contribution < 1.29 is 4.92 Å². The van der Waals surface area contributed by atoms with E-state index < -0.39 is 4.92 Å². The minimum Gasteiger partial charge on any atom is -0.366 e. The van der Waals surface area contributed by atoms with Crippen LogP contribution in [0.25, 0.3) is 10.9 Å². The number of hydrogen-bond donors (Lipinski definition) is 1. The number of rotatable bonds is 4. The predicted molar refractivity (Wildman–Crippen MR) is 80.0 cm³/mol. The van der Waals surface area contributed by atoms with Crippen molar-refractivity contribution in [3.05, 3.63) is 70.5 Å². The maximum Gasteiger partial charge on any atom is 0.270 e. The second kappa shape index (κ2) is 5.54. The van der Waals surface area contributed by atoms with E-state index in [-0.39, 0.29) is 5.69 Å². The Labute approximate surface area is 120 Å². The number of fused-ring (bicyclic) bond motifs is 1. The van der Waals surface area contributed by atoms with Crippen LogP contribution in [0.1, 0.15) is 5.56 Å². The summed E-state index contributed by atoms with van der Waals surface area (Å²) in [5.41, 5.74) is 1.85. The topological polar surface area (TPSA) is 81.0 Å². The Balaban J connectivity index is 1.81. The number of aromatic nitrogens is 2. The van der Waals surface area contributed by atoms with Crippen molar-refractivity contribution >= 4 is 22.4 Å². The van der Waals surface area contributed by atoms with Crippen molar-refractivity contribution in [3.8, 4) is 0 Å². The molecule has 0 fully saturated rings. The molecule has 6 nitrogen and oxygen atoms in total. The zero-order valence-corrected chi connectivity index (χ0v) is 11.1. The molecule has 0 spiro atoms. The van der Waals surface area contributed by atoms with Gasteiger partial charge in [-0.25, -0.2) is 4.98 Å². The minimum absolute atomic E-state index is 0.0698. The maximum absolute atomic E-state index is 10.7. The highest BCUT2D eigenvalue weighted by molar-refractivity contribution is 5.82. The van der Waals surface area contributed by atoms with Crippen LogP contribution >= 0.6 is 0 Å². The highest BCUT2D eigenvalue weighted by Crippen LogP contribution is 2.21. The van der Waals surface area contributed by atoms with Crippen molar-refractivity contribution in [3.63, 3.8) is 0 Å². The lowest BCUT2D eigenvalue weighted by atomic mass is 10.2. The van der Waals surface area contributed by atoms with Crippen LogP contribution in [-0.2, 0) is 6.54 Å². The number of anilines is 1. The van der Waals surface area contributed by atoms with Gasteiger partial charge >= 0.3 is 0 Å². The van der Waals surface area contributed by atoms with Crippen LogP contribution in [0.5, 0.6) is 0 Å². The second-order valence-electron chi connectivity index (χ2n) is 4.55. The number of nitro groups is 1. The molecule has 0 aliphatic carbocycles. The smallest absolute Gasteiger partial charge is 0.270 e. The average molecular weight is 280 g/mol. The molecule has 0 unspecified atom stereocenters. The van der Waals surface area contributed by atoms with Gasteiger partial charge in [0.2, 0.25) is 0 Å². The zero-order chi connectivity index (χ0) is 14.7. The molecule has 2 aromatic heterocycles. The molecule has 6 heteroatoms. The summed E-state index contributed by atoms with van der Waals surface area (Å²) in [6.07, 6.45) is 3.52. The first-order valence-corrected chi connectivity index (χ1v) is 6.40. The molecular formula is C15H12N4O2. The molecular weight excluding hydrogens is 268 g/mol. The number of benzene rings is 1.